The highest BCUT2D eigenvalue weighted by Crippen LogP contribution is 2.34. The number of aliphatic hydroxyl groups excluding tert-OH is 2. The summed E-state index contributed by atoms with van der Waals surface area (Å²) in [5.74, 6) is 0.937. The van der Waals surface area contributed by atoms with Crippen molar-refractivity contribution in [3.05, 3.63) is 120 Å². The van der Waals surface area contributed by atoms with E-state index < -0.39 is 74.3 Å². The van der Waals surface area contributed by atoms with Crippen molar-refractivity contribution in [2.75, 3.05) is 34.0 Å². The van der Waals surface area contributed by atoms with Gasteiger partial charge in [-0.1, -0.05) is 88.4 Å². The molecule has 8 atom stereocenters. The molecule has 408 valence electrons. The Morgan fingerprint density at radius 1 is 0.773 bits per heavy atom. The highest BCUT2D eigenvalue weighted by molar-refractivity contribution is 7.89. The standard InChI is InChI=1S/C31H41N3O8S.C24H33N3O4S/c1-31(2,15-7-16-32)19-26(34-43(37,38)23-12-10-22(39-3)11-13-23)28(35)25(18-21-8-5-4-6-9-21)33-30(36)42-27-20-41-29-24(27)14-17-40-29;1-24(2,12-7-13-25)17-27-32(29,30)23-11-10-20(31-3)15-19(23)16-22(28)21(26)14-18-8-5-4-6-9-18/h4-6,8-13,24-29,34-35H,7,14-15,17-20H2,1-3H3,(H,33,36);4-6,8-11,15,21-22,27-28H,7,12,14,16-17,26H2,1-3H3/t24-,25+,26?,27-,28-,29+;21-,22+/m10/s1. The Balaban J connectivity index is 0.000000290. The number of fused-ring (bicyclic) bond motifs is 1. The van der Waals surface area contributed by atoms with Gasteiger partial charge in [-0.25, -0.2) is 31.1 Å². The van der Waals surface area contributed by atoms with Crippen LogP contribution in [0.3, 0.4) is 0 Å². The Morgan fingerprint density at radius 2 is 1.36 bits per heavy atom. The van der Waals surface area contributed by atoms with Crippen molar-refractivity contribution < 1.29 is 55.5 Å². The third-order valence-electron chi connectivity index (χ3n) is 13.5. The molecular formula is C55H74N6O12S2. The average Bonchev–Trinajstić information content (AvgIpc) is 4.02. The minimum atomic E-state index is -4.09. The lowest BCUT2D eigenvalue weighted by Crippen LogP contribution is -2.56. The van der Waals surface area contributed by atoms with Crippen LogP contribution in [-0.2, 0) is 53.5 Å². The number of nitriles is 2. The van der Waals surface area contributed by atoms with Gasteiger partial charge in [-0.05, 0) is 109 Å². The fourth-order valence-electron chi connectivity index (χ4n) is 8.98. The fraction of sp³-hybridized carbons (Fsp3) is 0.509. The van der Waals surface area contributed by atoms with Gasteiger partial charge in [-0.3, -0.25) is 0 Å². The van der Waals surface area contributed by atoms with Crippen molar-refractivity contribution in [1.82, 2.24) is 14.8 Å². The molecule has 0 bridgehead atoms. The molecule has 2 saturated heterocycles. The molecule has 0 aliphatic carbocycles. The third-order valence-corrected chi connectivity index (χ3v) is 16.5. The number of methoxy groups -OCH3 is 2. The first-order valence-electron chi connectivity index (χ1n) is 25.1. The summed E-state index contributed by atoms with van der Waals surface area (Å²) in [5.41, 5.74) is 7.60. The minimum Gasteiger partial charge on any atom is -0.497 e. The Labute approximate surface area is 443 Å². The van der Waals surface area contributed by atoms with Crippen molar-refractivity contribution in [2.45, 2.75) is 138 Å². The summed E-state index contributed by atoms with van der Waals surface area (Å²) in [5, 5.41) is 43.4. The maximum Gasteiger partial charge on any atom is 0.407 e. The molecule has 0 spiro atoms. The summed E-state index contributed by atoms with van der Waals surface area (Å²) >= 11 is 0. The zero-order chi connectivity index (χ0) is 54.8. The summed E-state index contributed by atoms with van der Waals surface area (Å²) in [4.78, 5) is 13.3. The SMILES string of the molecule is COc1ccc(S(=O)(=O)NC(CC(C)(C)CCC#N)[C@H](O)[C@H](Cc2ccccc2)NC(=O)O[C@@H]2CO[C@@H]3OCC[C@@H]32)cc1.COc1ccc(S(=O)(=O)NCC(C)(C)CCC#N)c(C[C@@H](O)[C@@H](N)Cc2ccccc2)c1. The number of rotatable bonds is 26. The van der Waals surface area contributed by atoms with Crippen molar-refractivity contribution in [3.8, 4) is 23.6 Å². The van der Waals surface area contributed by atoms with Gasteiger partial charge in [-0.15, -0.1) is 0 Å². The molecule has 75 heavy (non-hydrogen) atoms. The molecule has 1 amide bonds. The van der Waals surface area contributed by atoms with Crippen LogP contribution >= 0.6 is 0 Å². The number of alkyl carbamates (subject to hydrolysis) is 1. The van der Waals surface area contributed by atoms with E-state index in [0.29, 0.717) is 55.8 Å². The number of amides is 1. The van der Waals surface area contributed by atoms with Crippen LogP contribution in [-0.4, -0.2) is 110 Å². The van der Waals surface area contributed by atoms with E-state index in [4.69, 9.17) is 34.7 Å². The smallest absolute Gasteiger partial charge is 0.407 e. The number of hydrogen-bond donors (Lipinski definition) is 6. The number of benzene rings is 4. The predicted octanol–water partition coefficient (Wildman–Crippen LogP) is 6.30. The quantitative estimate of drug-likeness (QED) is 0.0403. The van der Waals surface area contributed by atoms with Crippen molar-refractivity contribution in [3.63, 3.8) is 0 Å². The Kier molecular flexibility index (Phi) is 22.4. The number of hydrogen-bond acceptors (Lipinski definition) is 15. The van der Waals surface area contributed by atoms with Crippen LogP contribution in [0.1, 0.15) is 82.9 Å². The Morgan fingerprint density at radius 3 is 1.96 bits per heavy atom. The van der Waals surface area contributed by atoms with Gasteiger partial charge in [0, 0.05) is 31.8 Å². The normalized spacial score (nSPS) is 18.6. The molecule has 1 unspecified atom stereocenters. The van der Waals surface area contributed by atoms with E-state index >= 15 is 0 Å². The van der Waals surface area contributed by atoms with Gasteiger partial charge in [0.1, 0.15) is 17.6 Å². The van der Waals surface area contributed by atoms with Gasteiger partial charge in [0.15, 0.2) is 6.29 Å². The summed E-state index contributed by atoms with van der Waals surface area (Å²) < 4.78 is 85.8. The number of nitrogens with zero attached hydrogens (tertiary/aromatic N) is 2. The molecule has 2 fully saturated rings. The number of carbonyl (C=O) groups excluding carboxylic acids is 1. The fourth-order valence-corrected chi connectivity index (χ4v) is 11.7. The molecule has 2 heterocycles. The monoisotopic (exact) mass is 1070 g/mol. The molecule has 6 rings (SSSR count). The van der Waals surface area contributed by atoms with Crippen LogP contribution in [0.2, 0.25) is 0 Å². The van der Waals surface area contributed by atoms with E-state index in [1.165, 1.54) is 32.4 Å². The summed E-state index contributed by atoms with van der Waals surface area (Å²) in [7, 11) is -4.95. The zero-order valence-electron chi connectivity index (χ0n) is 43.7. The highest BCUT2D eigenvalue weighted by atomic mass is 32.2. The van der Waals surface area contributed by atoms with Crippen LogP contribution in [0.5, 0.6) is 11.5 Å². The largest absolute Gasteiger partial charge is 0.497 e. The lowest BCUT2D eigenvalue weighted by Gasteiger charge is -2.36. The van der Waals surface area contributed by atoms with Crippen molar-refractivity contribution in [1.29, 1.82) is 10.5 Å². The number of aliphatic hydroxyl groups is 2. The van der Waals surface area contributed by atoms with Gasteiger partial charge in [-0.2, -0.15) is 10.5 Å². The van der Waals surface area contributed by atoms with Crippen LogP contribution < -0.4 is 30.0 Å². The molecular weight excluding hydrogens is 1000 g/mol. The van der Waals surface area contributed by atoms with Crippen LogP contribution in [0.4, 0.5) is 4.79 Å². The third kappa shape index (κ3) is 18.6. The van der Waals surface area contributed by atoms with Crippen LogP contribution in [0, 0.1) is 39.4 Å². The molecule has 0 saturated carbocycles. The summed E-state index contributed by atoms with van der Waals surface area (Å²) in [6, 6.07) is 31.2. The maximum atomic E-state index is 13.5. The van der Waals surface area contributed by atoms with Gasteiger partial charge in [0.2, 0.25) is 20.0 Å². The van der Waals surface area contributed by atoms with Crippen molar-refractivity contribution >= 4 is 26.1 Å². The number of sulfonamides is 2. The molecule has 2 aliphatic heterocycles. The highest BCUT2D eigenvalue weighted by Gasteiger charge is 2.44. The molecule has 4 aromatic rings. The molecule has 20 heteroatoms. The van der Waals surface area contributed by atoms with Gasteiger partial charge in [0.25, 0.3) is 0 Å². The van der Waals surface area contributed by atoms with E-state index in [2.05, 4.69) is 26.9 Å². The maximum absolute atomic E-state index is 13.5. The van der Waals surface area contributed by atoms with E-state index in [1.807, 2.05) is 88.4 Å². The van der Waals surface area contributed by atoms with Gasteiger partial charge < -0.3 is 44.9 Å². The second-order valence-corrected chi connectivity index (χ2v) is 24.0. The van der Waals surface area contributed by atoms with E-state index in [1.54, 1.807) is 24.3 Å². The average molecular weight is 1080 g/mol. The Bertz CT molecular complexity index is 2740. The first kappa shape index (κ1) is 60.2. The first-order valence-corrected chi connectivity index (χ1v) is 28.0. The van der Waals surface area contributed by atoms with Gasteiger partial charge in [0.05, 0.1) is 79.6 Å². The zero-order valence-corrected chi connectivity index (χ0v) is 45.3. The Hall–Kier alpha value is -5.65. The molecule has 4 aromatic carbocycles. The molecule has 2 aliphatic rings. The number of ether oxygens (including phenoxy) is 5. The second kappa shape index (κ2) is 27.9. The van der Waals surface area contributed by atoms with Crippen LogP contribution in [0.15, 0.2) is 113 Å². The number of nitrogens with one attached hydrogen (secondary N) is 3. The van der Waals surface area contributed by atoms with Crippen LogP contribution in [0.25, 0.3) is 0 Å². The topological polar surface area (TPSA) is 282 Å². The number of nitrogens with two attached hydrogens (primary N) is 1. The number of carbonyl (C=O) groups is 1. The molecule has 18 nitrogen and oxygen atoms in total. The lowest BCUT2D eigenvalue weighted by atomic mass is 9.79. The first-order chi connectivity index (χ1) is 35.6. The van der Waals surface area contributed by atoms with Gasteiger partial charge >= 0.3 is 6.09 Å². The van der Waals surface area contributed by atoms with E-state index in [9.17, 15) is 37.1 Å². The minimum absolute atomic E-state index is 0.00174. The predicted molar refractivity (Wildman–Crippen MR) is 282 cm³/mol. The summed E-state index contributed by atoms with van der Waals surface area (Å²) in [6.07, 6.45) is -0.553. The second-order valence-electron chi connectivity index (χ2n) is 20.6. The van der Waals surface area contributed by atoms with Crippen molar-refractivity contribution in [2.24, 2.45) is 22.5 Å². The van der Waals surface area contributed by atoms with E-state index in [0.717, 1.165) is 11.1 Å². The molecule has 0 aromatic heterocycles. The molecule has 0 radical (unpaired) electrons. The lowest BCUT2D eigenvalue weighted by molar-refractivity contribution is -0.0907. The summed E-state index contributed by atoms with van der Waals surface area (Å²) in [6.45, 7) is 8.59. The molecule has 7 N–H and O–H groups in total. The van der Waals surface area contributed by atoms with E-state index in [-0.39, 0.29) is 60.0 Å².